The second-order valence-corrected chi connectivity index (χ2v) is 7.92. The van der Waals surface area contributed by atoms with Gasteiger partial charge in [-0.3, -0.25) is 9.59 Å². The largest absolute Gasteiger partial charge is 0.507 e. The van der Waals surface area contributed by atoms with Gasteiger partial charge in [0.05, 0.1) is 56.7 Å². The average molecular weight is 506 g/mol. The Labute approximate surface area is 208 Å². The quantitative estimate of drug-likeness (QED) is 0.295. The van der Waals surface area contributed by atoms with E-state index in [1.54, 1.807) is 18.2 Å². The fourth-order valence-electron chi connectivity index (χ4n) is 3.97. The summed E-state index contributed by atoms with van der Waals surface area (Å²) in [5.41, 5.74) is 0.573. The standard InChI is InChI=1S/C25H28ClNO8/c1-6-35-17-8-7-14(11-20(17)34-5)22-21(24(29)25(30)27(22)9-10-31-2)23(28)15-12-16(26)19(33-4)13-18(15)32-3/h7-8,11-13,22,28H,6,9-10H2,1-5H3/b23-21+. The molecule has 1 N–H and O–H groups in total. The van der Waals surface area contributed by atoms with Crippen LogP contribution in [0.3, 0.4) is 0 Å². The first-order valence-corrected chi connectivity index (χ1v) is 11.2. The molecule has 0 aromatic heterocycles. The van der Waals surface area contributed by atoms with Crippen molar-refractivity contribution in [1.29, 1.82) is 0 Å². The van der Waals surface area contributed by atoms with Gasteiger partial charge < -0.3 is 33.7 Å². The van der Waals surface area contributed by atoms with Crippen LogP contribution >= 0.6 is 11.6 Å². The highest BCUT2D eigenvalue weighted by Crippen LogP contribution is 2.44. The third-order valence-corrected chi connectivity index (χ3v) is 5.90. The van der Waals surface area contributed by atoms with E-state index in [0.717, 1.165) is 0 Å². The van der Waals surface area contributed by atoms with Crippen molar-refractivity contribution in [3.63, 3.8) is 0 Å². The molecule has 1 saturated heterocycles. The predicted octanol–water partition coefficient (Wildman–Crippen LogP) is 3.83. The number of carbonyl (C=O) groups excluding carboxylic acids is 2. The summed E-state index contributed by atoms with van der Waals surface area (Å²) in [5, 5.41) is 11.6. The number of ketones is 1. The fraction of sp³-hybridized carbons (Fsp3) is 0.360. The molecule has 1 aliphatic rings. The molecule has 10 heteroatoms. The number of methoxy groups -OCH3 is 4. The number of halogens is 1. The number of amides is 1. The zero-order chi connectivity index (χ0) is 25.7. The molecule has 3 rings (SSSR count). The number of Topliss-reactive ketones (excluding diaryl/α,β-unsaturated/α-hetero) is 1. The van der Waals surface area contributed by atoms with E-state index in [2.05, 4.69) is 0 Å². The first-order valence-electron chi connectivity index (χ1n) is 10.8. The van der Waals surface area contributed by atoms with Crippen LogP contribution in [-0.2, 0) is 14.3 Å². The van der Waals surface area contributed by atoms with Crippen LogP contribution in [0, 0.1) is 0 Å². The van der Waals surface area contributed by atoms with E-state index in [0.29, 0.717) is 29.4 Å². The molecule has 1 fully saturated rings. The van der Waals surface area contributed by atoms with Gasteiger partial charge in [-0.2, -0.15) is 0 Å². The van der Waals surface area contributed by atoms with Gasteiger partial charge in [-0.25, -0.2) is 0 Å². The Morgan fingerprint density at radius 1 is 0.971 bits per heavy atom. The lowest BCUT2D eigenvalue weighted by Crippen LogP contribution is -2.32. The molecule has 1 aliphatic heterocycles. The monoisotopic (exact) mass is 505 g/mol. The molecule has 2 aromatic carbocycles. The molecule has 1 unspecified atom stereocenters. The maximum atomic E-state index is 13.2. The highest BCUT2D eigenvalue weighted by Gasteiger charge is 2.46. The SMILES string of the molecule is CCOc1ccc(C2/C(=C(\O)c3cc(Cl)c(OC)cc3OC)C(=O)C(=O)N2CCOC)cc1OC. The number of benzene rings is 2. The lowest BCUT2D eigenvalue weighted by molar-refractivity contribution is -0.140. The highest BCUT2D eigenvalue weighted by molar-refractivity contribution is 6.46. The van der Waals surface area contributed by atoms with Crippen LogP contribution in [0.25, 0.3) is 5.76 Å². The fourth-order valence-corrected chi connectivity index (χ4v) is 4.21. The van der Waals surface area contributed by atoms with Crippen molar-refractivity contribution in [2.75, 3.05) is 48.2 Å². The molecule has 1 amide bonds. The van der Waals surface area contributed by atoms with Crippen LogP contribution in [0.2, 0.25) is 5.02 Å². The molecule has 1 atom stereocenters. The average Bonchev–Trinajstić information content (AvgIpc) is 3.12. The van der Waals surface area contributed by atoms with E-state index in [-0.39, 0.29) is 35.1 Å². The Balaban J connectivity index is 2.25. The van der Waals surface area contributed by atoms with Crippen LogP contribution < -0.4 is 18.9 Å². The van der Waals surface area contributed by atoms with Crippen molar-refractivity contribution in [2.45, 2.75) is 13.0 Å². The van der Waals surface area contributed by atoms with E-state index in [1.807, 2.05) is 6.92 Å². The first kappa shape index (κ1) is 26.2. The zero-order valence-corrected chi connectivity index (χ0v) is 21.0. The molecular weight excluding hydrogens is 478 g/mol. The van der Waals surface area contributed by atoms with Crippen LogP contribution in [0.4, 0.5) is 0 Å². The first-order chi connectivity index (χ1) is 16.8. The Morgan fingerprint density at radius 3 is 2.26 bits per heavy atom. The van der Waals surface area contributed by atoms with Crippen molar-refractivity contribution >= 4 is 29.1 Å². The van der Waals surface area contributed by atoms with Gasteiger partial charge in [0, 0.05) is 19.7 Å². The summed E-state index contributed by atoms with van der Waals surface area (Å²) in [6.45, 7) is 2.59. The lowest BCUT2D eigenvalue weighted by atomic mass is 9.94. The summed E-state index contributed by atoms with van der Waals surface area (Å²) < 4.78 is 26.8. The summed E-state index contributed by atoms with van der Waals surface area (Å²) in [5.74, 6) is -0.556. The Bertz CT molecular complexity index is 1150. The smallest absolute Gasteiger partial charge is 0.295 e. The number of ether oxygens (including phenoxy) is 5. The minimum atomic E-state index is -0.916. The summed E-state index contributed by atoms with van der Waals surface area (Å²) in [4.78, 5) is 27.6. The Kier molecular flexibility index (Phi) is 8.48. The van der Waals surface area contributed by atoms with Gasteiger partial charge in [0.1, 0.15) is 17.3 Å². The van der Waals surface area contributed by atoms with Crippen molar-refractivity contribution in [2.24, 2.45) is 0 Å². The van der Waals surface area contributed by atoms with Crippen LogP contribution in [-0.4, -0.2) is 69.9 Å². The normalized spacial score (nSPS) is 17.0. The molecule has 9 nitrogen and oxygen atoms in total. The third kappa shape index (κ3) is 5.01. The number of nitrogens with zero attached hydrogens (tertiary/aromatic N) is 1. The van der Waals surface area contributed by atoms with Crippen LogP contribution in [0.15, 0.2) is 35.9 Å². The van der Waals surface area contributed by atoms with Gasteiger partial charge in [-0.05, 0) is 30.7 Å². The minimum absolute atomic E-state index is 0.114. The van der Waals surface area contributed by atoms with E-state index in [9.17, 15) is 14.7 Å². The topological polar surface area (TPSA) is 104 Å². The van der Waals surface area contributed by atoms with Crippen LogP contribution in [0.5, 0.6) is 23.0 Å². The summed E-state index contributed by atoms with van der Waals surface area (Å²) in [6.07, 6.45) is 0. The molecule has 2 aromatic rings. The predicted molar refractivity (Wildman–Crippen MR) is 130 cm³/mol. The van der Waals surface area contributed by atoms with Gasteiger partial charge in [0.2, 0.25) is 0 Å². The number of aliphatic hydroxyl groups excluding tert-OH is 1. The van der Waals surface area contributed by atoms with E-state index in [4.69, 9.17) is 35.3 Å². The second-order valence-electron chi connectivity index (χ2n) is 7.52. The number of hydrogen-bond donors (Lipinski definition) is 1. The molecule has 0 bridgehead atoms. The number of hydrogen-bond acceptors (Lipinski definition) is 8. The van der Waals surface area contributed by atoms with Crippen molar-refractivity contribution in [1.82, 2.24) is 4.90 Å². The zero-order valence-electron chi connectivity index (χ0n) is 20.2. The summed E-state index contributed by atoms with van der Waals surface area (Å²) in [6, 6.07) is 7.09. The molecule has 0 aliphatic carbocycles. The molecule has 35 heavy (non-hydrogen) atoms. The van der Waals surface area contributed by atoms with Crippen molar-refractivity contribution < 1.29 is 38.4 Å². The maximum Gasteiger partial charge on any atom is 0.295 e. The Morgan fingerprint density at radius 2 is 1.66 bits per heavy atom. The minimum Gasteiger partial charge on any atom is -0.507 e. The van der Waals surface area contributed by atoms with Crippen molar-refractivity contribution in [3.05, 3.63) is 52.1 Å². The molecule has 0 radical (unpaired) electrons. The number of likely N-dealkylation sites (tertiary alicyclic amines) is 1. The van der Waals surface area contributed by atoms with Gasteiger partial charge in [-0.1, -0.05) is 17.7 Å². The molecular formula is C25H28ClNO8. The number of aliphatic hydroxyl groups is 1. The number of rotatable bonds is 10. The van der Waals surface area contributed by atoms with E-state index < -0.39 is 23.5 Å². The number of carbonyl (C=O) groups is 2. The highest BCUT2D eigenvalue weighted by atomic mass is 35.5. The van der Waals surface area contributed by atoms with Gasteiger partial charge in [0.15, 0.2) is 11.5 Å². The third-order valence-electron chi connectivity index (χ3n) is 5.61. The van der Waals surface area contributed by atoms with E-state index >= 15 is 0 Å². The lowest BCUT2D eigenvalue weighted by Gasteiger charge is -2.26. The molecule has 0 saturated carbocycles. The second kappa shape index (κ2) is 11.3. The molecule has 1 heterocycles. The Hall–Kier alpha value is -3.43. The van der Waals surface area contributed by atoms with Crippen molar-refractivity contribution in [3.8, 4) is 23.0 Å². The molecule has 188 valence electrons. The summed E-state index contributed by atoms with van der Waals surface area (Å²) in [7, 11) is 5.84. The van der Waals surface area contributed by atoms with E-state index in [1.165, 1.54) is 45.5 Å². The maximum absolute atomic E-state index is 13.2. The van der Waals surface area contributed by atoms with Gasteiger partial charge in [0.25, 0.3) is 11.7 Å². The van der Waals surface area contributed by atoms with Gasteiger partial charge in [-0.15, -0.1) is 0 Å². The molecule has 0 spiro atoms. The van der Waals surface area contributed by atoms with Crippen LogP contribution in [0.1, 0.15) is 24.1 Å². The summed E-state index contributed by atoms with van der Waals surface area (Å²) >= 11 is 6.29. The van der Waals surface area contributed by atoms with Gasteiger partial charge >= 0.3 is 0 Å².